The average Bonchev–Trinajstić information content (AvgIpc) is 3.24. The number of hydrogen-bond donors (Lipinski definition) is 0. The molecule has 38 heavy (non-hydrogen) atoms. The van der Waals surface area contributed by atoms with Gasteiger partial charge in [0.25, 0.3) is 0 Å². The minimum absolute atomic E-state index is 0.0212. The summed E-state index contributed by atoms with van der Waals surface area (Å²) in [6.07, 6.45) is 1.44. The zero-order valence-electron chi connectivity index (χ0n) is 19.9. The molecule has 3 aromatic rings. The summed E-state index contributed by atoms with van der Waals surface area (Å²) < 4.78 is 28.1. The Morgan fingerprint density at radius 2 is 1.63 bits per heavy atom. The molecule has 0 saturated heterocycles. The van der Waals surface area contributed by atoms with Gasteiger partial charge in [-0.2, -0.15) is 0 Å². The van der Waals surface area contributed by atoms with E-state index in [1.54, 1.807) is 24.3 Å². The highest BCUT2D eigenvalue weighted by molar-refractivity contribution is 9.11. The van der Waals surface area contributed by atoms with Gasteiger partial charge in [0, 0.05) is 15.1 Å². The van der Waals surface area contributed by atoms with Crippen LogP contribution in [0.3, 0.4) is 0 Å². The van der Waals surface area contributed by atoms with E-state index in [0.29, 0.717) is 30.8 Å². The van der Waals surface area contributed by atoms with Crippen molar-refractivity contribution in [1.29, 1.82) is 0 Å². The van der Waals surface area contributed by atoms with E-state index in [1.807, 2.05) is 0 Å². The van der Waals surface area contributed by atoms with Gasteiger partial charge in [0.2, 0.25) is 11.6 Å². The van der Waals surface area contributed by atoms with Crippen LogP contribution in [0.25, 0.3) is 6.08 Å². The van der Waals surface area contributed by atoms with Crippen molar-refractivity contribution in [2.45, 2.75) is 0 Å². The highest BCUT2D eigenvalue weighted by atomic mass is 79.9. The molecule has 0 fully saturated rings. The molecule has 3 aromatic carbocycles. The van der Waals surface area contributed by atoms with E-state index in [1.165, 1.54) is 45.6 Å². The molecule has 0 aliphatic carbocycles. The smallest absolute Gasteiger partial charge is 0.363 e. The van der Waals surface area contributed by atoms with Crippen LogP contribution in [0.1, 0.15) is 21.5 Å². The first-order chi connectivity index (χ1) is 18.1. The molecular weight excluding hydrogens is 669 g/mol. The monoisotopic (exact) mass is 683 g/mol. The minimum Gasteiger partial charge on any atom is -0.493 e. The third-order valence-electron chi connectivity index (χ3n) is 5.21. The van der Waals surface area contributed by atoms with Crippen LogP contribution in [-0.4, -0.2) is 39.2 Å². The highest BCUT2D eigenvalue weighted by Crippen LogP contribution is 2.40. The molecule has 4 rings (SSSR count). The predicted octanol–water partition coefficient (Wildman–Crippen LogP) is 7.11. The molecule has 8 nitrogen and oxygen atoms in total. The maximum atomic E-state index is 13.2. The van der Waals surface area contributed by atoms with Gasteiger partial charge < -0.3 is 23.7 Å². The topological polar surface area (TPSA) is 92.7 Å². The molecule has 0 N–H and O–H groups in total. The van der Waals surface area contributed by atoms with Crippen LogP contribution in [0.5, 0.6) is 23.0 Å². The molecule has 12 heteroatoms. The number of aliphatic imine (C=N–C) groups is 1. The SMILES string of the molecule is COc1cc(C(=O)Oc2c(Br)cc(Br)cc2/C=C2\N=C(c3ccc(Cl)cc3Cl)OC2=O)cc(OC)c1OC. The van der Waals surface area contributed by atoms with E-state index in [-0.39, 0.29) is 39.4 Å². The lowest BCUT2D eigenvalue weighted by Crippen LogP contribution is -2.11. The molecule has 0 saturated carbocycles. The summed E-state index contributed by atoms with van der Waals surface area (Å²) in [6, 6.07) is 11.0. The summed E-state index contributed by atoms with van der Waals surface area (Å²) >= 11 is 19.0. The van der Waals surface area contributed by atoms with Gasteiger partial charge in [-0.3, -0.25) is 0 Å². The van der Waals surface area contributed by atoms with Crippen molar-refractivity contribution < 1.29 is 33.3 Å². The van der Waals surface area contributed by atoms with E-state index >= 15 is 0 Å². The fraction of sp³-hybridized carbons (Fsp3) is 0.115. The second-order valence-corrected chi connectivity index (χ2v) is 10.2. The quantitative estimate of drug-likeness (QED) is 0.149. The van der Waals surface area contributed by atoms with Gasteiger partial charge in [0.15, 0.2) is 22.9 Å². The Kier molecular flexibility index (Phi) is 8.67. The molecule has 1 aliphatic heterocycles. The van der Waals surface area contributed by atoms with E-state index in [0.717, 1.165) is 0 Å². The van der Waals surface area contributed by atoms with E-state index < -0.39 is 11.9 Å². The van der Waals surface area contributed by atoms with Crippen molar-refractivity contribution in [3.63, 3.8) is 0 Å². The molecule has 0 atom stereocenters. The van der Waals surface area contributed by atoms with Crippen LogP contribution < -0.4 is 18.9 Å². The van der Waals surface area contributed by atoms with Crippen LogP contribution in [0, 0.1) is 0 Å². The van der Waals surface area contributed by atoms with Crippen molar-refractivity contribution in [3.05, 3.63) is 83.8 Å². The third kappa shape index (κ3) is 5.83. The van der Waals surface area contributed by atoms with Crippen molar-refractivity contribution in [1.82, 2.24) is 0 Å². The van der Waals surface area contributed by atoms with Crippen molar-refractivity contribution >= 4 is 79.0 Å². The van der Waals surface area contributed by atoms with Gasteiger partial charge in [0.05, 0.1) is 42.0 Å². The van der Waals surface area contributed by atoms with Crippen molar-refractivity contribution in [2.75, 3.05) is 21.3 Å². The second kappa shape index (κ2) is 11.8. The number of methoxy groups -OCH3 is 3. The maximum absolute atomic E-state index is 13.2. The number of carbonyl (C=O) groups excluding carboxylic acids is 2. The summed E-state index contributed by atoms with van der Waals surface area (Å²) in [5.41, 5.74) is 0.885. The highest BCUT2D eigenvalue weighted by Gasteiger charge is 2.27. The summed E-state index contributed by atoms with van der Waals surface area (Å²) in [4.78, 5) is 30.1. The summed E-state index contributed by atoms with van der Waals surface area (Å²) in [6.45, 7) is 0. The zero-order chi connectivity index (χ0) is 27.6. The fourth-order valence-electron chi connectivity index (χ4n) is 3.48. The van der Waals surface area contributed by atoms with Gasteiger partial charge in [-0.05, 0) is 64.5 Å². The normalized spacial score (nSPS) is 13.7. The van der Waals surface area contributed by atoms with Crippen LogP contribution >= 0.6 is 55.1 Å². The number of ether oxygens (including phenoxy) is 5. The van der Waals surface area contributed by atoms with Gasteiger partial charge in [-0.25, -0.2) is 14.6 Å². The van der Waals surface area contributed by atoms with Gasteiger partial charge in [0.1, 0.15) is 0 Å². The Labute approximate surface area is 244 Å². The largest absolute Gasteiger partial charge is 0.493 e. The molecule has 0 spiro atoms. The first-order valence-electron chi connectivity index (χ1n) is 10.6. The Bertz CT molecular complexity index is 1500. The van der Waals surface area contributed by atoms with Gasteiger partial charge in [-0.1, -0.05) is 39.1 Å². The predicted molar refractivity (Wildman–Crippen MR) is 150 cm³/mol. The maximum Gasteiger partial charge on any atom is 0.363 e. The van der Waals surface area contributed by atoms with Crippen molar-refractivity contribution in [3.8, 4) is 23.0 Å². The number of rotatable bonds is 7. The van der Waals surface area contributed by atoms with Crippen LogP contribution in [0.15, 0.2) is 62.1 Å². The number of carbonyl (C=O) groups is 2. The lowest BCUT2D eigenvalue weighted by Gasteiger charge is -2.15. The Hall–Kier alpha value is -3.05. The summed E-state index contributed by atoms with van der Waals surface area (Å²) in [7, 11) is 4.34. The molecule has 0 radical (unpaired) electrons. The number of halogens is 4. The van der Waals surface area contributed by atoms with Crippen LogP contribution in [0.2, 0.25) is 10.0 Å². The minimum atomic E-state index is -0.710. The molecule has 0 bridgehead atoms. The zero-order valence-corrected chi connectivity index (χ0v) is 24.6. The Balaban J connectivity index is 1.73. The molecule has 196 valence electrons. The Morgan fingerprint density at radius 3 is 2.24 bits per heavy atom. The van der Waals surface area contributed by atoms with Crippen molar-refractivity contribution in [2.24, 2.45) is 4.99 Å². The number of cyclic esters (lactones) is 1. The van der Waals surface area contributed by atoms with Crippen LogP contribution in [-0.2, 0) is 9.53 Å². The molecule has 0 unspecified atom stereocenters. The number of nitrogens with zero attached hydrogens (tertiary/aromatic N) is 1. The third-order valence-corrected chi connectivity index (χ3v) is 6.80. The molecule has 0 amide bonds. The average molecular weight is 686 g/mol. The lowest BCUT2D eigenvalue weighted by atomic mass is 10.1. The second-order valence-electron chi connectivity index (χ2n) is 7.57. The summed E-state index contributed by atoms with van der Waals surface area (Å²) in [5.74, 6) is -0.355. The fourth-order valence-corrected chi connectivity index (χ4v) is 5.31. The van der Waals surface area contributed by atoms with Gasteiger partial charge in [-0.15, -0.1) is 0 Å². The first-order valence-corrected chi connectivity index (χ1v) is 13.0. The van der Waals surface area contributed by atoms with Gasteiger partial charge >= 0.3 is 11.9 Å². The number of benzene rings is 3. The number of hydrogen-bond acceptors (Lipinski definition) is 8. The molecule has 1 heterocycles. The molecular formula is C26H17Br2Cl2NO7. The van der Waals surface area contributed by atoms with E-state index in [2.05, 4.69) is 36.9 Å². The first kappa shape index (κ1) is 28.0. The van der Waals surface area contributed by atoms with E-state index in [9.17, 15) is 9.59 Å². The molecule has 0 aromatic heterocycles. The van der Waals surface area contributed by atoms with Crippen LogP contribution in [0.4, 0.5) is 0 Å². The Morgan fingerprint density at radius 1 is 0.947 bits per heavy atom. The van der Waals surface area contributed by atoms with E-state index in [4.69, 9.17) is 46.9 Å². The lowest BCUT2D eigenvalue weighted by molar-refractivity contribution is -0.129. The summed E-state index contributed by atoms with van der Waals surface area (Å²) in [5, 5.41) is 0.701. The number of esters is 2. The standard InChI is InChI=1S/C26H17Br2Cl2NO7/c1-34-20-8-13(9-21(35-2)23(20)36-3)25(32)37-22-12(6-14(27)10-17(22)28)7-19-26(33)38-24(31-19)16-5-4-15(29)11-18(16)30/h4-11H,1-3H3/b19-7-. The molecule has 1 aliphatic rings.